The fourth-order valence-corrected chi connectivity index (χ4v) is 2.86. The molecule has 0 aromatic carbocycles. The Bertz CT molecular complexity index is 599. The summed E-state index contributed by atoms with van der Waals surface area (Å²) in [6, 6.07) is 4.06. The molecule has 1 aromatic rings. The first-order chi connectivity index (χ1) is 8.84. The molecular weight excluding hydrogens is 258 g/mol. The van der Waals surface area contributed by atoms with E-state index in [0.29, 0.717) is 5.69 Å². The third-order valence-corrected chi connectivity index (χ3v) is 4.76. The molecule has 2 rings (SSSR count). The van der Waals surface area contributed by atoms with Crippen molar-refractivity contribution in [1.29, 1.82) is 5.26 Å². The standard InChI is InChI=1S/C14H19N3OS/c1-14(2,3)19(18)16-12-6-5-7-13-11(12)8-10(9-15)17(13)4/h8H,5-7H2,1-4H3/b16-12+/t19-/m1/s1. The maximum Gasteiger partial charge on any atom is 0.145 e. The topological polar surface area (TPSA) is 58.1 Å². The molecular formula is C14H19N3OS. The van der Waals surface area contributed by atoms with Crippen LogP contribution >= 0.6 is 0 Å². The van der Waals surface area contributed by atoms with E-state index in [0.717, 1.165) is 36.2 Å². The van der Waals surface area contributed by atoms with Crippen LogP contribution in [0, 0.1) is 11.3 Å². The molecule has 4 nitrogen and oxygen atoms in total. The van der Waals surface area contributed by atoms with Gasteiger partial charge in [-0.2, -0.15) is 9.66 Å². The monoisotopic (exact) mass is 277 g/mol. The summed E-state index contributed by atoms with van der Waals surface area (Å²) in [4.78, 5) is 0. The molecule has 0 fully saturated rings. The maximum absolute atomic E-state index is 12.2. The molecule has 19 heavy (non-hydrogen) atoms. The predicted octanol–water partition coefficient (Wildman–Crippen LogP) is 2.48. The van der Waals surface area contributed by atoms with Gasteiger partial charge in [-0.15, -0.1) is 0 Å². The van der Waals surface area contributed by atoms with Crippen molar-refractivity contribution in [3.8, 4) is 6.07 Å². The zero-order valence-electron chi connectivity index (χ0n) is 11.9. The lowest BCUT2D eigenvalue weighted by Gasteiger charge is -2.18. The van der Waals surface area contributed by atoms with Crippen LogP contribution in [0.25, 0.3) is 0 Å². The average Bonchev–Trinajstić information content (AvgIpc) is 2.66. The molecule has 0 amide bonds. The molecule has 0 bridgehead atoms. The summed E-state index contributed by atoms with van der Waals surface area (Å²) in [5.41, 5.74) is 3.66. The second-order valence-electron chi connectivity index (χ2n) is 5.81. The normalized spacial score (nSPS) is 19.0. The highest BCUT2D eigenvalue weighted by molar-refractivity contribution is 7.85. The number of nitrogens with zero attached hydrogens (tertiary/aromatic N) is 3. The second kappa shape index (κ2) is 4.93. The smallest absolute Gasteiger partial charge is 0.145 e. The molecule has 1 heterocycles. The molecule has 0 saturated heterocycles. The molecule has 0 radical (unpaired) electrons. The van der Waals surface area contributed by atoms with E-state index in [2.05, 4.69) is 10.5 Å². The Balaban J connectivity index is 2.47. The lowest BCUT2D eigenvalue weighted by atomic mass is 9.96. The molecule has 5 heteroatoms. The Morgan fingerprint density at radius 2 is 2.11 bits per heavy atom. The average molecular weight is 277 g/mol. The van der Waals surface area contributed by atoms with Crippen molar-refractivity contribution in [1.82, 2.24) is 4.57 Å². The highest BCUT2D eigenvalue weighted by Crippen LogP contribution is 2.26. The van der Waals surface area contributed by atoms with Gasteiger partial charge in [-0.25, -0.2) is 4.21 Å². The van der Waals surface area contributed by atoms with Crippen LogP contribution in [0.3, 0.4) is 0 Å². The maximum atomic E-state index is 12.2. The zero-order chi connectivity index (χ0) is 14.2. The summed E-state index contributed by atoms with van der Waals surface area (Å²) in [6.07, 6.45) is 2.79. The summed E-state index contributed by atoms with van der Waals surface area (Å²) >= 11 is 0. The van der Waals surface area contributed by atoms with Crippen LogP contribution in [-0.2, 0) is 24.5 Å². The van der Waals surface area contributed by atoms with E-state index in [9.17, 15) is 4.21 Å². The van der Waals surface area contributed by atoms with Gasteiger partial charge in [0.1, 0.15) is 22.7 Å². The van der Waals surface area contributed by atoms with Crippen molar-refractivity contribution < 1.29 is 4.21 Å². The van der Waals surface area contributed by atoms with E-state index in [4.69, 9.17) is 5.26 Å². The first-order valence-corrected chi connectivity index (χ1v) is 7.54. The van der Waals surface area contributed by atoms with E-state index in [-0.39, 0.29) is 4.75 Å². The van der Waals surface area contributed by atoms with Crippen molar-refractivity contribution >= 4 is 16.7 Å². The number of fused-ring (bicyclic) bond motifs is 1. The number of hydrogen-bond donors (Lipinski definition) is 0. The summed E-state index contributed by atoms with van der Waals surface area (Å²) in [7, 11) is 0.658. The molecule has 0 spiro atoms. The van der Waals surface area contributed by atoms with Gasteiger partial charge in [0.15, 0.2) is 0 Å². The molecule has 0 aliphatic heterocycles. The molecule has 0 N–H and O–H groups in total. The Kier molecular flexibility index (Phi) is 3.64. The van der Waals surface area contributed by atoms with E-state index in [1.54, 1.807) is 0 Å². The lowest BCUT2D eigenvalue weighted by molar-refractivity contribution is 0.650. The Morgan fingerprint density at radius 1 is 1.42 bits per heavy atom. The zero-order valence-corrected chi connectivity index (χ0v) is 12.7. The van der Waals surface area contributed by atoms with Gasteiger partial charge in [0.25, 0.3) is 0 Å². The number of nitriles is 1. The van der Waals surface area contributed by atoms with Crippen molar-refractivity contribution in [3.63, 3.8) is 0 Å². The van der Waals surface area contributed by atoms with Gasteiger partial charge in [-0.3, -0.25) is 0 Å². The van der Waals surface area contributed by atoms with E-state index < -0.39 is 11.0 Å². The number of aromatic nitrogens is 1. The molecule has 1 atom stereocenters. The van der Waals surface area contributed by atoms with Gasteiger partial charge >= 0.3 is 0 Å². The van der Waals surface area contributed by atoms with Gasteiger partial charge in [0.05, 0.1) is 10.5 Å². The van der Waals surface area contributed by atoms with E-state index in [1.807, 2.05) is 38.5 Å². The number of hydrogen-bond acceptors (Lipinski definition) is 2. The Hall–Kier alpha value is -1.41. The molecule has 1 aliphatic rings. The first-order valence-electron chi connectivity index (χ1n) is 6.43. The lowest BCUT2D eigenvalue weighted by Crippen LogP contribution is -2.22. The molecule has 1 aromatic heterocycles. The van der Waals surface area contributed by atoms with Crippen LogP contribution in [0.4, 0.5) is 0 Å². The quantitative estimate of drug-likeness (QED) is 0.792. The van der Waals surface area contributed by atoms with E-state index in [1.165, 1.54) is 0 Å². The van der Waals surface area contributed by atoms with E-state index >= 15 is 0 Å². The van der Waals surface area contributed by atoms with Gasteiger partial charge in [-0.1, -0.05) is 0 Å². The predicted molar refractivity (Wildman–Crippen MR) is 77.5 cm³/mol. The molecule has 0 unspecified atom stereocenters. The van der Waals surface area contributed by atoms with Crippen LogP contribution in [-0.4, -0.2) is 19.2 Å². The molecule has 102 valence electrons. The van der Waals surface area contributed by atoms with Crippen LogP contribution in [0.1, 0.15) is 50.6 Å². The van der Waals surface area contributed by atoms with Crippen molar-refractivity contribution in [2.24, 2.45) is 11.4 Å². The van der Waals surface area contributed by atoms with Crippen LogP contribution < -0.4 is 0 Å². The largest absolute Gasteiger partial charge is 0.339 e. The highest BCUT2D eigenvalue weighted by atomic mass is 32.2. The van der Waals surface area contributed by atoms with Gasteiger partial charge in [0.2, 0.25) is 0 Å². The minimum absolute atomic E-state index is 0.350. The minimum Gasteiger partial charge on any atom is -0.339 e. The van der Waals surface area contributed by atoms with Crippen LogP contribution in [0.5, 0.6) is 0 Å². The third-order valence-electron chi connectivity index (χ3n) is 3.33. The number of rotatable bonds is 1. The second-order valence-corrected chi connectivity index (χ2v) is 7.72. The summed E-state index contributed by atoms with van der Waals surface area (Å²) < 4.78 is 18.1. The minimum atomic E-state index is -1.25. The SMILES string of the molecule is Cn1c(C#N)cc2c1CCC/C2=N\[S@](=O)C(C)(C)C. The van der Waals surface area contributed by atoms with Gasteiger partial charge < -0.3 is 4.57 Å². The van der Waals surface area contributed by atoms with Crippen molar-refractivity contribution in [3.05, 3.63) is 23.0 Å². The Morgan fingerprint density at radius 3 is 2.68 bits per heavy atom. The summed E-state index contributed by atoms with van der Waals surface area (Å²) in [6.45, 7) is 5.76. The summed E-state index contributed by atoms with van der Waals surface area (Å²) in [5, 5.41) is 9.09. The van der Waals surface area contributed by atoms with Crippen LogP contribution in [0.2, 0.25) is 0 Å². The summed E-state index contributed by atoms with van der Waals surface area (Å²) in [5.74, 6) is 0. The Labute approximate surface area is 116 Å². The third kappa shape index (κ3) is 2.64. The highest BCUT2D eigenvalue weighted by Gasteiger charge is 2.24. The van der Waals surface area contributed by atoms with Crippen molar-refractivity contribution in [2.75, 3.05) is 0 Å². The van der Waals surface area contributed by atoms with Gasteiger partial charge in [-0.05, 0) is 46.1 Å². The fourth-order valence-electron chi connectivity index (χ4n) is 2.19. The molecule has 1 aliphatic carbocycles. The van der Waals surface area contributed by atoms with Gasteiger partial charge in [0, 0.05) is 18.3 Å². The fraction of sp³-hybridized carbons (Fsp3) is 0.571. The van der Waals surface area contributed by atoms with Crippen LogP contribution in [0.15, 0.2) is 10.5 Å². The van der Waals surface area contributed by atoms with Crippen molar-refractivity contribution in [2.45, 2.75) is 44.8 Å². The first kappa shape index (κ1) is 14.0. The molecule has 0 saturated carbocycles.